The number of carbonyl (C=O) groups excluding carboxylic acids is 1. The van der Waals surface area contributed by atoms with E-state index in [4.69, 9.17) is 5.11 Å². The number of amides is 1. The maximum absolute atomic E-state index is 11.8. The van der Waals surface area contributed by atoms with Crippen LogP contribution in [0.1, 0.15) is 36.2 Å². The van der Waals surface area contributed by atoms with Crippen molar-refractivity contribution >= 4 is 5.91 Å². The molecule has 0 aliphatic rings. The molecular formula is C15H19NO2. The first-order valence-electron chi connectivity index (χ1n) is 6.11. The zero-order valence-electron chi connectivity index (χ0n) is 10.9. The molecule has 0 spiro atoms. The van der Waals surface area contributed by atoms with Gasteiger partial charge in [-0.2, -0.15) is 0 Å². The van der Waals surface area contributed by atoms with Crippen LogP contribution in [0.2, 0.25) is 0 Å². The fraction of sp³-hybridized carbons (Fsp3) is 0.400. The van der Waals surface area contributed by atoms with Crippen LogP contribution in [-0.4, -0.2) is 24.2 Å². The Labute approximate surface area is 108 Å². The second kappa shape index (κ2) is 7.52. The highest BCUT2D eigenvalue weighted by atomic mass is 16.2. The van der Waals surface area contributed by atoms with E-state index in [1.807, 2.05) is 6.07 Å². The van der Waals surface area contributed by atoms with Crippen LogP contribution in [0, 0.1) is 17.8 Å². The first-order chi connectivity index (χ1) is 8.63. The van der Waals surface area contributed by atoms with E-state index in [0.717, 1.165) is 12.0 Å². The lowest BCUT2D eigenvalue weighted by molar-refractivity contribution is 0.0952. The van der Waals surface area contributed by atoms with Crippen LogP contribution >= 0.6 is 0 Å². The summed E-state index contributed by atoms with van der Waals surface area (Å²) in [7, 11) is 0. The van der Waals surface area contributed by atoms with Crippen molar-refractivity contribution in [2.75, 3.05) is 13.2 Å². The normalized spacial score (nSPS) is 9.78. The number of hydrogen-bond acceptors (Lipinski definition) is 2. The number of aliphatic hydroxyl groups is 1. The van der Waals surface area contributed by atoms with Gasteiger partial charge in [-0.3, -0.25) is 4.79 Å². The van der Waals surface area contributed by atoms with Gasteiger partial charge in [0.1, 0.15) is 6.61 Å². The molecule has 0 aromatic heterocycles. The van der Waals surface area contributed by atoms with E-state index in [9.17, 15) is 4.79 Å². The molecule has 0 saturated carbocycles. The summed E-state index contributed by atoms with van der Waals surface area (Å²) in [6, 6.07) is 7.09. The molecule has 1 aromatic carbocycles. The van der Waals surface area contributed by atoms with Crippen LogP contribution in [-0.2, 0) is 0 Å². The van der Waals surface area contributed by atoms with Crippen LogP contribution in [0.15, 0.2) is 24.3 Å². The molecule has 96 valence electrons. The molecule has 2 N–H and O–H groups in total. The van der Waals surface area contributed by atoms with Crippen molar-refractivity contribution in [3.63, 3.8) is 0 Å². The third-order valence-corrected chi connectivity index (χ3v) is 2.44. The molecule has 0 radical (unpaired) electrons. The predicted molar refractivity (Wildman–Crippen MR) is 72.2 cm³/mol. The van der Waals surface area contributed by atoms with Crippen LogP contribution < -0.4 is 5.32 Å². The molecule has 3 heteroatoms. The Morgan fingerprint density at radius 3 is 2.89 bits per heavy atom. The monoisotopic (exact) mass is 245 g/mol. The van der Waals surface area contributed by atoms with Gasteiger partial charge in [-0.15, -0.1) is 0 Å². The molecule has 0 fully saturated rings. The number of nitrogens with one attached hydrogen (secondary N) is 1. The number of benzene rings is 1. The topological polar surface area (TPSA) is 49.3 Å². The van der Waals surface area contributed by atoms with Gasteiger partial charge in [0.2, 0.25) is 0 Å². The van der Waals surface area contributed by atoms with Gasteiger partial charge in [0.25, 0.3) is 5.91 Å². The van der Waals surface area contributed by atoms with Crippen molar-refractivity contribution in [1.82, 2.24) is 5.32 Å². The summed E-state index contributed by atoms with van der Waals surface area (Å²) in [5.74, 6) is 5.84. The van der Waals surface area contributed by atoms with Crippen LogP contribution in [0.25, 0.3) is 0 Å². The molecule has 0 bridgehead atoms. The Balaban J connectivity index is 2.62. The Bertz CT molecular complexity index is 455. The summed E-state index contributed by atoms with van der Waals surface area (Å²) in [5, 5.41) is 11.5. The molecule has 0 aliphatic carbocycles. The standard InChI is InChI=1S/C15H19NO2/c1-12(2)8-9-16-15(18)14-7-3-5-13(11-14)6-4-10-17/h3,5,7,11-12,17H,8-10H2,1-2H3,(H,16,18). The largest absolute Gasteiger partial charge is 0.384 e. The Morgan fingerprint density at radius 1 is 1.44 bits per heavy atom. The Morgan fingerprint density at radius 2 is 2.22 bits per heavy atom. The van der Waals surface area contributed by atoms with Gasteiger partial charge in [0, 0.05) is 17.7 Å². The van der Waals surface area contributed by atoms with E-state index in [1.165, 1.54) is 0 Å². The summed E-state index contributed by atoms with van der Waals surface area (Å²) in [6.45, 7) is 4.75. The molecular weight excluding hydrogens is 226 g/mol. The summed E-state index contributed by atoms with van der Waals surface area (Å²) >= 11 is 0. The predicted octanol–water partition coefficient (Wildman–Crippen LogP) is 1.81. The zero-order valence-corrected chi connectivity index (χ0v) is 10.9. The lowest BCUT2D eigenvalue weighted by atomic mass is 10.1. The highest BCUT2D eigenvalue weighted by Gasteiger charge is 2.05. The minimum absolute atomic E-state index is 0.0803. The van der Waals surface area contributed by atoms with Gasteiger partial charge in [0.05, 0.1) is 0 Å². The molecule has 0 unspecified atom stereocenters. The maximum Gasteiger partial charge on any atom is 0.251 e. The van der Waals surface area contributed by atoms with Crippen molar-refractivity contribution in [3.05, 3.63) is 35.4 Å². The molecule has 0 saturated heterocycles. The van der Waals surface area contributed by atoms with E-state index in [1.54, 1.807) is 18.2 Å². The maximum atomic E-state index is 11.8. The SMILES string of the molecule is CC(C)CCNC(=O)c1cccc(C#CCO)c1. The van der Waals surface area contributed by atoms with E-state index >= 15 is 0 Å². The Kier molecular flexibility index (Phi) is 5.96. The average Bonchev–Trinajstić information content (AvgIpc) is 2.36. The number of aliphatic hydroxyl groups excluding tert-OH is 1. The minimum Gasteiger partial charge on any atom is -0.384 e. The van der Waals surface area contributed by atoms with Crippen molar-refractivity contribution < 1.29 is 9.90 Å². The molecule has 0 aliphatic heterocycles. The fourth-order valence-electron chi connectivity index (χ4n) is 1.46. The third kappa shape index (κ3) is 5.03. The minimum atomic E-state index is -0.176. The smallest absolute Gasteiger partial charge is 0.251 e. The van der Waals surface area contributed by atoms with Crippen LogP contribution in [0.4, 0.5) is 0 Å². The van der Waals surface area contributed by atoms with Crippen LogP contribution in [0.5, 0.6) is 0 Å². The molecule has 18 heavy (non-hydrogen) atoms. The molecule has 3 nitrogen and oxygen atoms in total. The van der Waals surface area contributed by atoms with Crippen LogP contribution in [0.3, 0.4) is 0 Å². The second-order valence-electron chi connectivity index (χ2n) is 4.48. The van der Waals surface area contributed by atoms with Crippen molar-refractivity contribution in [3.8, 4) is 11.8 Å². The van der Waals surface area contributed by atoms with Gasteiger partial charge in [0.15, 0.2) is 0 Å². The summed E-state index contributed by atoms with van der Waals surface area (Å²) < 4.78 is 0. The number of carbonyl (C=O) groups is 1. The highest BCUT2D eigenvalue weighted by Crippen LogP contribution is 2.04. The van der Waals surface area contributed by atoms with E-state index in [0.29, 0.717) is 18.0 Å². The summed E-state index contributed by atoms with van der Waals surface area (Å²) in [4.78, 5) is 11.8. The molecule has 1 amide bonds. The van der Waals surface area contributed by atoms with E-state index in [-0.39, 0.29) is 12.5 Å². The second-order valence-corrected chi connectivity index (χ2v) is 4.48. The Hall–Kier alpha value is -1.79. The van der Waals surface area contributed by atoms with Gasteiger partial charge in [-0.05, 0) is 30.5 Å². The van der Waals surface area contributed by atoms with E-state index in [2.05, 4.69) is 31.0 Å². The zero-order chi connectivity index (χ0) is 13.4. The van der Waals surface area contributed by atoms with Crippen molar-refractivity contribution in [2.24, 2.45) is 5.92 Å². The quantitative estimate of drug-likeness (QED) is 0.795. The third-order valence-electron chi connectivity index (χ3n) is 2.44. The summed E-state index contributed by atoms with van der Waals surface area (Å²) in [6.07, 6.45) is 0.968. The average molecular weight is 245 g/mol. The van der Waals surface area contributed by atoms with Gasteiger partial charge < -0.3 is 10.4 Å². The first kappa shape index (κ1) is 14.3. The van der Waals surface area contributed by atoms with Crippen molar-refractivity contribution in [2.45, 2.75) is 20.3 Å². The number of hydrogen-bond donors (Lipinski definition) is 2. The van der Waals surface area contributed by atoms with Gasteiger partial charge >= 0.3 is 0 Å². The lowest BCUT2D eigenvalue weighted by Gasteiger charge is -2.07. The fourth-order valence-corrected chi connectivity index (χ4v) is 1.46. The summed E-state index contributed by atoms with van der Waals surface area (Å²) in [5.41, 5.74) is 1.34. The molecule has 1 rings (SSSR count). The highest BCUT2D eigenvalue weighted by molar-refractivity contribution is 5.94. The van der Waals surface area contributed by atoms with E-state index < -0.39 is 0 Å². The van der Waals surface area contributed by atoms with Crippen molar-refractivity contribution in [1.29, 1.82) is 0 Å². The molecule has 1 aromatic rings. The van der Waals surface area contributed by atoms with Gasteiger partial charge in [-0.25, -0.2) is 0 Å². The molecule has 0 atom stereocenters. The first-order valence-corrected chi connectivity index (χ1v) is 6.11. The lowest BCUT2D eigenvalue weighted by Crippen LogP contribution is -2.25. The molecule has 0 heterocycles. The van der Waals surface area contributed by atoms with Gasteiger partial charge in [-0.1, -0.05) is 31.8 Å². The number of rotatable bonds is 4.